The van der Waals surface area contributed by atoms with E-state index in [1.165, 1.54) is 0 Å². The zero-order valence-corrected chi connectivity index (χ0v) is 14.2. The molecule has 2 rings (SSSR count). The first-order valence-electron chi connectivity index (χ1n) is 7.98. The lowest BCUT2D eigenvalue weighted by atomic mass is 10.1. The van der Waals surface area contributed by atoms with Crippen molar-refractivity contribution in [3.8, 4) is 0 Å². The van der Waals surface area contributed by atoms with Gasteiger partial charge in [-0.15, -0.1) is 0 Å². The van der Waals surface area contributed by atoms with Gasteiger partial charge in [-0.1, -0.05) is 18.2 Å². The predicted octanol–water partition coefficient (Wildman–Crippen LogP) is 1.99. The van der Waals surface area contributed by atoms with Crippen LogP contribution in [0.2, 0.25) is 0 Å². The number of nitrogens with one attached hydrogen (secondary N) is 1. The molecule has 6 nitrogen and oxygen atoms in total. The lowest BCUT2D eigenvalue weighted by Gasteiger charge is -2.36. The summed E-state index contributed by atoms with van der Waals surface area (Å²) < 4.78 is 11.0. The number of rotatable bonds is 4. The maximum Gasteiger partial charge on any atom is 0.410 e. The second-order valence-corrected chi connectivity index (χ2v) is 6.73. The van der Waals surface area contributed by atoms with Crippen LogP contribution in [0, 0.1) is 0 Å². The summed E-state index contributed by atoms with van der Waals surface area (Å²) in [6.07, 6.45) is -0.285. The van der Waals surface area contributed by atoms with E-state index in [2.05, 4.69) is 5.32 Å². The predicted molar refractivity (Wildman–Crippen MR) is 90.1 cm³/mol. The first-order chi connectivity index (χ1) is 10.9. The van der Waals surface area contributed by atoms with Gasteiger partial charge in [0.15, 0.2) is 0 Å². The Morgan fingerprint density at radius 3 is 2.87 bits per heavy atom. The number of nitrogens with two attached hydrogens (primary N) is 1. The Labute approximate surface area is 137 Å². The minimum Gasteiger partial charge on any atom is -0.444 e. The number of para-hydroxylation sites is 1. The minimum atomic E-state index is -0.494. The number of hydrogen-bond donors (Lipinski definition) is 2. The summed E-state index contributed by atoms with van der Waals surface area (Å²) in [5.74, 6) is 0. The number of hydrogen-bond acceptors (Lipinski definition) is 5. The summed E-state index contributed by atoms with van der Waals surface area (Å²) in [6.45, 7) is 8.51. The highest BCUT2D eigenvalue weighted by Crippen LogP contribution is 2.15. The van der Waals surface area contributed by atoms with Gasteiger partial charge < -0.3 is 20.5 Å². The van der Waals surface area contributed by atoms with Crippen LogP contribution in [-0.4, -0.2) is 48.9 Å². The largest absolute Gasteiger partial charge is 0.444 e. The van der Waals surface area contributed by atoms with Crippen molar-refractivity contribution in [3.63, 3.8) is 0 Å². The molecule has 3 N–H and O–H groups in total. The van der Waals surface area contributed by atoms with Crippen molar-refractivity contribution >= 4 is 11.8 Å². The Kier molecular flexibility index (Phi) is 5.85. The van der Waals surface area contributed by atoms with Crippen LogP contribution < -0.4 is 11.1 Å². The fourth-order valence-electron chi connectivity index (χ4n) is 2.45. The van der Waals surface area contributed by atoms with E-state index in [0.717, 1.165) is 11.3 Å². The number of morpholine rings is 1. The van der Waals surface area contributed by atoms with Crippen LogP contribution in [0.5, 0.6) is 0 Å². The minimum absolute atomic E-state index is 0.0384. The average molecular weight is 321 g/mol. The second-order valence-electron chi connectivity index (χ2n) is 6.73. The molecular formula is C17H27N3O3. The van der Waals surface area contributed by atoms with Gasteiger partial charge in [0.25, 0.3) is 0 Å². The molecule has 1 aromatic carbocycles. The van der Waals surface area contributed by atoms with Crippen molar-refractivity contribution in [3.05, 3.63) is 29.8 Å². The van der Waals surface area contributed by atoms with Gasteiger partial charge >= 0.3 is 6.09 Å². The highest BCUT2D eigenvalue weighted by atomic mass is 16.6. The molecule has 0 spiro atoms. The number of amides is 1. The van der Waals surface area contributed by atoms with E-state index in [0.29, 0.717) is 32.8 Å². The first-order valence-corrected chi connectivity index (χ1v) is 7.98. The van der Waals surface area contributed by atoms with Crippen molar-refractivity contribution in [1.82, 2.24) is 10.2 Å². The number of carbonyl (C=O) groups is 1. The van der Waals surface area contributed by atoms with E-state index in [4.69, 9.17) is 15.2 Å². The Morgan fingerprint density at radius 1 is 1.43 bits per heavy atom. The normalized spacial score (nSPS) is 18.7. The summed E-state index contributed by atoms with van der Waals surface area (Å²) in [4.78, 5) is 14.1. The molecule has 0 aliphatic carbocycles. The van der Waals surface area contributed by atoms with Crippen molar-refractivity contribution in [1.29, 1.82) is 0 Å². The molecule has 1 aromatic rings. The highest BCUT2D eigenvalue weighted by molar-refractivity contribution is 5.68. The number of nitrogen functional groups attached to an aromatic ring is 1. The first kappa shape index (κ1) is 17.6. The summed E-state index contributed by atoms with van der Waals surface area (Å²) in [7, 11) is 0. The molecule has 1 fully saturated rings. The summed E-state index contributed by atoms with van der Waals surface area (Å²) in [5.41, 5.74) is 7.26. The third kappa shape index (κ3) is 5.41. The summed E-state index contributed by atoms with van der Waals surface area (Å²) in [5, 5.41) is 3.35. The SMILES string of the molecule is CC(C)(C)OC(=O)N1CCOCC1CNCc1ccccc1N. The van der Waals surface area contributed by atoms with Crippen LogP contribution in [0.4, 0.5) is 10.5 Å². The molecule has 0 saturated carbocycles. The molecule has 1 amide bonds. The summed E-state index contributed by atoms with van der Waals surface area (Å²) in [6, 6.07) is 7.71. The number of benzene rings is 1. The van der Waals surface area contributed by atoms with Crippen LogP contribution >= 0.6 is 0 Å². The molecule has 23 heavy (non-hydrogen) atoms. The molecule has 128 valence electrons. The van der Waals surface area contributed by atoms with Crippen LogP contribution in [-0.2, 0) is 16.0 Å². The van der Waals surface area contributed by atoms with E-state index in [1.807, 2.05) is 45.0 Å². The van der Waals surface area contributed by atoms with E-state index >= 15 is 0 Å². The van der Waals surface area contributed by atoms with Gasteiger partial charge in [-0.2, -0.15) is 0 Å². The third-order valence-corrected chi connectivity index (χ3v) is 3.61. The van der Waals surface area contributed by atoms with Crippen molar-refractivity contribution in [2.75, 3.05) is 32.0 Å². The standard InChI is InChI=1S/C17H27N3O3/c1-17(2,3)23-16(21)20-8-9-22-12-14(20)11-19-10-13-6-4-5-7-15(13)18/h4-7,14,19H,8-12,18H2,1-3H3. The van der Waals surface area contributed by atoms with Crippen LogP contribution in [0.1, 0.15) is 26.3 Å². The molecular weight excluding hydrogens is 294 g/mol. The number of anilines is 1. The molecule has 0 bridgehead atoms. The lowest BCUT2D eigenvalue weighted by Crippen LogP contribution is -2.54. The Hall–Kier alpha value is -1.79. The second kappa shape index (κ2) is 7.66. The van der Waals surface area contributed by atoms with Crippen molar-refractivity contribution < 1.29 is 14.3 Å². The fraction of sp³-hybridized carbons (Fsp3) is 0.588. The van der Waals surface area contributed by atoms with Gasteiger partial charge in [0, 0.05) is 25.3 Å². The zero-order chi connectivity index (χ0) is 16.9. The molecule has 1 aliphatic heterocycles. The number of carbonyl (C=O) groups excluding carboxylic acids is 1. The summed E-state index contributed by atoms with van der Waals surface area (Å²) >= 11 is 0. The van der Waals surface area contributed by atoms with Gasteiger partial charge in [-0.05, 0) is 32.4 Å². The lowest BCUT2D eigenvalue weighted by molar-refractivity contribution is -0.0317. The third-order valence-electron chi connectivity index (χ3n) is 3.61. The van der Waals surface area contributed by atoms with E-state index < -0.39 is 5.60 Å². The van der Waals surface area contributed by atoms with Gasteiger partial charge in [-0.25, -0.2) is 4.79 Å². The Morgan fingerprint density at radius 2 is 2.17 bits per heavy atom. The van der Waals surface area contributed by atoms with E-state index in [-0.39, 0.29) is 12.1 Å². The van der Waals surface area contributed by atoms with Gasteiger partial charge in [0.2, 0.25) is 0 Å². The zero-order valence-electron chi connectivity index (χ0n) is 14.2. The highest BCUT2D eigenvalue weighted by Gasteiger charge is 2.30. The van der Waals surface area contributed by atoms with E-state index in [1.54, 1.807) is 4.90 Å². The van der Waals surface area contributed by atoms with Crippen LogP contribution in [0.15, 0.2) is 24.3 Å². The maximum atomic E-state index is 12.3. The molecule has 0 radical (unpaired) electrons. The Bertz CT molecular complexity index is 528. The monoisotopic (exact) mass is 321 g/mol. The fourth-order valence-corrected chi connectivity index (χ4v) is 2.45. The molecule has 0 aromatic heterocycles. The average Bonchev–Trinajstić information content (AvgIpc) is 2.48. The smallest absolute Gasteiger partial charge is 0.410 e. The maximum absolute atomic E-state index is 12.3. The quantitative estimate of drug-likeness (QED) is 0.830. The number of ether oxygens (including phenoxy) is 2. The molecule has 1 heterocycles. The van der Waals surface area contributed by atoms with Gasteiger partial charge in [-0.3, -0.25) is 4.90 Å². The van der Waals surface area contributed by atoms with Crippen molar-refractivity contribution in [2.45, 2.75) is 39.0 Å². The molecule has 1 saturated heterocycles. The molecule has 1 aliphatic rings. The van der Waals surface area contributed by atoms with Gasteiger partial charge in [0.1, 0.15) is 5.60 Å². The van der Waals surface area contributed by atoms with Crippen LogP contribution in [0.25, 0.3) is 0 Å². The molecule has 6 heteroatoms. The molecule has 1 atom stereocenters. The topological polar surface area (TPSA) is 76.8 Å². The molecule has 1 unspecified atom stereocenters. The number of nitrogens with zero attached hydrogens (tertiary/aromatic N) is 1. The van der Waals surface area contributed by atoms with E-state index in [9.17, 15) is 4.79 Å². The Balaban J connectivity index is 1.89. The van der Waals surface area contributed by atoms with Gasteiger partial charge in [0.05, 0.1) is 19.3 Å². The van der Waals surface area contributed by atoms with Crippen LogP contribution in [0.3, 0.4) is 0 Å². The van der Waals surface area contributed by atoms with Crippen molar-refractivity contribution in [2.24, 2.45) is 0 Å².